The smallest absolute Gasteiger partial charge is 0.251 e. The summed E-state index contributed by atoms with van der Waals surface area (Å²) in [6.45, 7) is 8.41. The summed E-state index contributed by atoms with van der Waals surface area (Å²) in [7, 11) is 0. The molecule has 0 bridgehead atoms. The van der Waals surface area contributed by atoms with Gasteiger partial charge in [0, 0.05) is 23.2 Å². The van der Waals surface area contributed by atoms with Crippen LogP contribution in [-0.4, -0.2) is 28.6 Å². The summed E-state index contributed by atoms with van der Waals surface area (Å²) in [6, 6.07) is 3.32. The van der Waals surface area contributed by atoms with Gasteiger partial charge in [0.2, 0.25) is 0 Å². The number of aromatic nitrogens is 1. The van der Waals surface area contributed by atoms with Crippen molar-refractivity contribution < 1.29 is 9.90 Å². The fourth-order valence-electron chi connectivity index (χ4n) is 1.67. The van der Waals surface area contributed by atoms with Crippen molar-refractivity contribution in [2.24, 2.45) is 0 Å². The highest BCUT2D eigenvalue weighted by Gasteiger charge is 2.18. The number of rotatable bonds is 5. The molecule has 1 aromatic rings. The summed E-state index contributed by atoms with van der Waals surface area (Å²) in [5, 5.41) is 12.6. The van der Waals surface area contributed by atoms with E-state index in [4.69, 9.17) is 11.6 Å². The Labute approximate surface area is 125 Å². The number of carbonyl (C=O) groups is 1. The van der Waals surface area contributed by atoms with Crippen LogP contribution in [0, 0.1) is 0 Å². The van der Waals surface area contributed by atoms with Gasteiger partial charge in [-0.2, -0.15) is 0 Å². The standard InChI is InChI=1S/C15H23ClN2O2/c1-5-11(19)6-7-17-14(20)10-8-12(15(2,3)4)18-13(16)9-10/h8-9,11,19H,5-7H2,1-4H3,(H,17,20). The first-order valence-electron chi connectivity index (χ1n) is 6.88. The summed E-state index contributed by atoms with van der Waals surface area (Å²) in [5.74, 6) is -0.192. The monoisotopic (exact) mass is 298 g/mol. The molecule has 1 aromatic heterocycles. The number of halogens is 1. The van der Waals surface area contributed by atoms with Crippen molar-refractivity contribution in [1.82, 2.24) is 10.3 Å². The van der Waals surface area contributed by atoms with Gasteiger partial charge < -0.3 is 10.4 Å². The van der Waals surface area contributed by atoms with Crippen molar-refractivity contribution in [3.05, 3.63) is 28.5 Å². The summed E-state index contributed by atoms with van der Waals surface area (Å²) < 4.78 is 0. The Morgan fingerprint density at radius 2 is 2.10 bits per heavy atom. The Morgan fingerprint density at radius 1 is 1.45 bits per heavy atom. The quantitative estimate of drug-likeness (QED) is 0.822. The summed E-state index contributed by atoms with van der Waals surface area (Å²) in [4.78, 5) is 16.3. The Bertz CT molecular complexity index is 469. The first-order valence-corrected chi connectivity index (χ1v) is 7.26. The van der Waals surface area contributed by atoms with Crippen molar-refractivity contribution in [3.8, 4) is 0 Å². The van der Waals surface area contributed by atoms with Crippen LogP contribution in [0.25, 0.3) is 0 Å². The van der Waals surface area contributed by atoms with Gasteiger partial charge in [-0.15, -0.1) is 0 Å². The van der Waals surface area contributed by atoms with Gasteiger partial charge in [0.25, 0.3) is 5.91 Å². The molecule has 0 spiro atoms. The predicted octanol–water partition coefficient (Wildman–Crippen LogP) is 2.92. The van der Waals surface area contributed by atoms with Gasteiger partial charge in [-0.1, -0.05) is 39.3 Å². The van der Waals surface area contributed by atoms with E-state index < -0.39 is 0 Å². The first-order chi connectivity index (χ1) is 9.24. The number of aliphatic hydroxyl groups is 1. The molecule has 0 aliphatic heterocycles. The van der Waals surface area contributed by atoms with Crippen LogP contribution in [0.4, 0.5) is 0 Å². The second-order valence-electron chi connectivity index (χ2n) is 5.92. The third kappa shape index (κ3) is 5.10. The SMILES string of the molecule is CCC(O)CCNC(=O)c1cc(Cl)nc(C(C)(C)C)c1. The molecule has 112 valence electrons. The number of hydrogen-bond acceptors (Lipinski definition) is 3. The van der Waals surface area contributed by atoms with Gasteiger partial charge in [0.15, 0.2) is 0 Å². The van der Waals surface area contributed by atoms with Crippen molar-refractivity contribution >= 4 is 17.5 Å². The van der Waals surface area contributed by atoms with Gasteiger partial charge >= 0.3 is 0 Å². The Kier molecular flexibility index (Phi) is 5.96. The van der Waals surface area contributed by atoms with Crippen LogP contribution < -0.4 is 5.32 Å². The summed E-state index contributed by atoms with van der Waals surface area (Å²) in [5.41, 5.74) is 1.11. The van der Waals surface area contributed by atoms with E-state index in [1.54, 1.807) is 12.1 Å². The van der Waals surface area contributed by atoms with Crippen molar-refractivity contribution in [2.75, 3.05) is 6.54 Å². The van der Waals surface area contributed by atoms with E-state index in [9.17, 15) is 9.90 Å². The Balaban J connectivity index is 2.76. The molecular formula is C15H23ClN2O2. The van der Waals surface area contributed by atoms with Crippen LogP contribution >= 0.6 is 11.6 Å². The number of aliphatic hydroxyl groups excluding tert-OH is 1. The second-order valence-corrected chi connectivity index (χ2v) is 6.31. The van der Waals surface area contributed by atoms with E-state index in [2.05, 4.69) is 10.3 Å². The molecule has 1 amide bonds. The molecule has 0 fully saturated rings. The van der Waals surface area contributed by atoms with E-state index in [1.165, 1.54) is 0 Å². The normalized spacial score (nSPS) is 13.1. The molecule has 0 saturated heterocycles. The lowest BCUT2D eigenvalue weighted by Gasteiger charge is -2.18. The van der Waals surface area contributed by atoms with Crippen LogP contribution in [0.1, 0.15) is 56.6 Å². The van der Waals surface area contributed by atoms with Crippen LogP contribution in [0.5, 0.6) is 0 Å². The lowest BCUT2D eigenvalue weighted by Crippen LogP contribution is -2.27. The molecule has 0 radical (unpaired) electrons. The molecule has 1 rings (SSSR count). The van der Waals surface area contributed by atoms with Gasteiger partial charge in [-0.25, -0.2) is 4.98 Å². The Morgan fingerprint density at radius 3 is 2.65 bits per heavy atom. The third-order valence-electron chi connectivity index (χ3n) is 3.06. The van der Waals surface area contributed by atoms with E-state index in [-0.39, 0.29) is 17.4 Å². The van der Waals surface area contributed by atoms with Gasteiger partial charge in [0.05, 0.1) is 6.10 Å². The number of amides is 1. The number of hydrogen-bond donors (Lipinski definition) is 2. The molecule has 2 N–H and O–H groups in total. The van der Waals surface area contributed by atoms with Crippen LogP contribution in [-0.2, 0) is 5.41 Å². The maximum Gasteiger partial charge on any atom is 0.251 e. The molecule has 4 nitrogen and oxygen atoms in total. The first kappa shape index (κ1) is 16.9. The molecule has 20 heavy (non-hydrogen) atoms. The van der Waals surface area contributed by atoms with Crippen LogP contribution in [0.15, 0.2) is 12.1 Å². The fourth-order valence-corrected chi connectivity index (χ4v) is 1.88. The zero-order chi connectivity index (χ0) is 15.3. The maximum atomic E-state index is 12.1. The molecule has 0 aliphatic carbocycles. The fraction of sp³-hybridized carbons (Fsp3) is 0.600. The Hall–Kier alpha value is -1.13. The van der Waals surface area contributed by atoms with Gasteiger partial charge in [-0.05, 0) is 25.0 Å². The van der Waals surface area contributed by atoms with Gasteiger partial charge in [0.1, 0.15) is 5.15 Å². The summed E-state index contributed by atoms with van der Waals surface area (Å²) in [6.07, 6.45) is 0.861. The zero-order valence-corrected chi connectivity index (χ0v) is 13.3. The van der Waals surface area contributed by atoms with Crippen molar-refractivity contribution in [3.63, 3.8) is 0 Å². The van der Waals surface area contributed by atoms with Crippen LogP contribution in [0.2, 0.25) is 5.15 Å². The minimum Gasteiger partial charge on any atom is -0.393 e. The molecule has 1 unspecified atom stereocenters. The van der Waals surface area contributed by atoms with E-state index >= 15 is 0 Å². The lowest BCUT2D eigenvalue weighted by molar-refractivity contribution is 0.0941. The topological polar surface area (TPSA) is 62.2 Å². The molecule has 0 aromatic carbocycles. The molecule has 1 atom stereocenters. The highest BCUT2D eigenvalue weighted by atomic mass is 35.5. The number of nitrogens with one attached hydrogen (secondary N) is 1. The average Bonchev–Trinajstić information content (AvgIpc) is 2.36. The van der Waals surface area contributed by atoms with E-state index in [0.717, 1.165) is 5.69 Å². The zero-order valence-electron chi connectivity index (χ0n) is 12.5. The predicted molar refractivity (Wildman–Crippen MR) is 81.2 cm³/mol. The largest absolute Gasteiger partial charge is 0.393 e. The highest BCUT2D eigenvalue weighted by Crippen LogP contribution is 2.23. The van der Waals surface area contributed by atoms with Crippen molar-refractivity contribution in [1.29, 1.82) is 0 Å². The third-order valence-corrected chi connectivity index (χ3v) is 3.25. The lowest BCUT2D eigenvalue weighted by atomic mass is 9.91. The van der Waals surface area contributed by atoms with Crippen molar-refractivity contribution in [2.45, 2.75) is 52.1 Å². The molecule has 0 saturated carbocycles. The minimum absolute atomic E-state index is 0.168. The van der Waals surface area contributed by atoms with Crippen LogP contribution in [0.3, 0.4) is 0 Å². The number of nitrogens with zero attached hydrogens (tertiary/aromatic N) is 1. The molecule has 0 aliphatic rings. The number of pyridine rings is 1. The van der Waals surface area contributed by atoms with Gasteiger partial charge in [-0.3, -0.25) is 4.79 Å². The van der Waals surface area contributed by atoms with E-state index in [1.807, 2.05) is 27.7 Å². The highest BCUT2D eigenvalue weighted by molar-refractivity contribution is 6.29. The molecule has 1 heterocycles. The van der Waals surface area contributed by atoms with E-state index in [0.29, 0.717) is 30.1 Å². The second kappa shape index (κ2) is 7.04. The maximum absolute atomic E-state index is 12.1. The minimum atomic E-state index is -0.374. The average molecular weight is 299 g/mol. The molecule has 5 heteroatoms. The molecular weight excluding hydrogens is 276 g/mol. The summed E-state index contributed by atoms with van der Waals surface area (Å²) >= 11 is 5.98. The number of carbonyl (C=O) groups excluding carboxylic acids is 1.